The number of rotatable bonds is 7. The summed E-state index contributed by atoms with van der Waals surface area (Å²) in [6.07, 6.45) is 1.43. The maximum atomic E-state index is 12.4. The molecule has 21 heavy (non-hydrogen) atoms. The molecule has 2 amide bonds. The third-order valence-corrected chi connectivity index (χ3v) is 4.65. The summed E-state index contributed by atoms with van der Waals surface area (Å²) in [4.78, 5) is 38.3. The van der Waals surface area contributed by atoms with Gasteiger partial charge < -0.3 is 14.9 Å². The lowest BCUT2D eigenvalue weighted by Gasteiger charge is -2.29. The molecule has 0 radical (unpaired) electrons. The minimum Gasteiger partial charge on any atom is -0.481 e. The van der Waals surface area contributed by atoms with Crippen LogP contribution in [0, 0.1) is 0 Å². The van der Waals surface area contributed by atoms with E-state index in [1.54, 1.807) is 28.6 Å². The Kier molecular flexibility index (Phi) is 7.01. The Labute approximate surface area is 129 Å². The minimum atomic E-state index is -0.842. The van der Waals surface area contributed by atoms with Crippen LogP contribution in [0.3, 0.4) is 0 Å². The molecule has 0 spiro atoms. The standard InChI is InChI=1S/C14H24N2O4S/c1-10(2)15(3)14(20)11-8-21-9-16(11)12(17)6-4-5-7-13(18)19/h10-11H,4-9H2,1-3H3,(H,18,19). The molecular weight excluding hydrogens is 292 g/mol. The molecule has 1 saturated heterocycles. The second-order valence-corrected chi connectivity index (χ2v) is 6.52. The van der Waals surface area contributed by atoms with Crippen LogP contribution in [0.2, 0.25) is 0 Å². The van der Waals surface area contributed by atoms with Crippen LogP contribution in [0.4, 0.5) is 0 Å². The van der Waals surface area contributed by atoms with E-state index in [1.165, 1.54) is 0 Å². The van der Waals surface area contributed by atoms with Crippen molar-refractivity contribution in [2.75, 3.05) is 18.7 Å². The van der Waals surface area contributed by atoms with Crippen molar-refractivity contribution >= 4 is 29.5 Å². The Bertz CT molecular complexity index is 400. The molecule has 1 aliphatic heterocycles. The molecule has 1 unspecified atom stereocenters. The molecule has 1 rings (SSSR count). The second-order valence-electron chi connectivity index (χ2n) is 5.52. The normalized spacial score (nSPS) is 18.1. The number of hydrogen-bond donors (Lipinski definition) is 1. The van der Waals surface area contributed by atoms with Crippen molar-refractivity contribution in [3.8, 4) is 0 Å². The van der Waals surface area contributed by atoms with Gasteiger partial charge in [-0.2, -0.15) is 0 Å². The lowest BCUT2D eigenvalue weighted by molar-refractivity contribution is -0.143. The van der Waals surface area contributed by atoms with Gasteiger partial charge in [-0.1, -0.05) is 0 Å². The molecule has 1 atom stereocenters. The fourth-order valence-corrected chi connectivity index (χ4v) is 3.25. The van der Waals surface area contributed by atoms with Gasteiger partial charge in [0.2, 0.25) is 11.8 Å². The van der Waals surface area contributed by atoms with E-state index in [0.717, 1.165) is 0 Å². The molecule has 0 aromatic rings. The Morgan fingerprint density at radius 1 is 1.29 bits per heavy atom. The van der Waals surface area contributed by atoms with E-state index in [4.69, 9.17) is 5.11 Å². The number of nitrogens with zero attached hydrogens (tertiary/aromatic N) is 2. The van der Waals surface area contributed by atoms with Crippen LogP contribution in [0.1, 0.15) is 39.5 Å². The van der Waals surface area contributed by atoms with Crippen molar-refractivity contribution in [1.29, 1.82) is 0 Å². The molecule has 0 aromatic carbocycles. The van der Waals surface area contributed by atoms with Gasteiger partial charge in [0.25, 0.3) is 0 Å². The number of amides is 2. The van der Waals surface area contributed by atoms with E-state index < -0.39 is 5.97 Å². The van der Waals surface area contributed by atoms with E-state index in [9.17, 15) is 14.4 Å². The Hall–Kier alpha value is -1.24. The summed E-state index contributed by atoms with van der Waals surface area (Å²) in [6, 6.07) is -0.273. The molecule has 1 aliphatic rings. The van der Waals surface area contributed by atoms with Crippen molar-refractivity contribution in [3.05, 3.63) is 0 Å². The molecule has 120 valence electrons. The van der Waals surface area contributed by atoms with Crippen LogP contribution in [0.15, 0.2) is 0 Å². The summed E-state index contributed by atoms with van der Waals surface area (Å²) in [6.45, 7) is 3.89. The maximum Gasteiger partial charge on any atom is 0.303 e. The number of aliphatic carboxylic acids is 1. The smallest absolute Gasteiger partial charge is 0.303 e. The van der Waals surface area contributed by atoms with Crippen LogP contribution < -0.4 is 0 Å². The summed E-state index contributed by atoms with van der Waals surface area (Å²) in [5, 5.41) is 8.57. The average Bonchev–Trinajstić information content (AvgIpc) is 2.90. The molecule has 1 heterocycles. The quantitative estimate of drug-likeness (QED) is 0.718. The van der Waals surface area contributed by atoms with Crippen LogP contribution in [0.25, 0.3) is 0 Å². The lowest BCUT2D eigenvalue weighted by Crippen LogP contribution is -2.49. The summed E-state index contributed by atoms with van der Waals surface area (Å²) in [5.74, 6) is 0.261. The Morgan fingerprint density at radius 3 is 2.48 bits per heavy atom. The fraction of sp³-hybridized carbons (Fsp3) is 0.786. The van der Waals surface area contributed by atoms with Crippen molar-refractivity contribution in [2.24, 2.45) is 0 Å². The number of hydrogen-bond acceptors (Lipinski definition) is 4. The molecule has 0 aliphatic carbocycles. The van der Waals surface area contributed by atoms with Crippen LogP contribution in [0.5, 0.6) is 0 Å². The minimum absolute atomic E-state index is 0.0196. The molecule has 0 saturated carbocycles. The van der Waals surface area contributed by atoms with Gasteiger partial charge in [0.1, 0.15) is 6.04 Å². The number of carbonyl (C=O) groups excluding carboxylic acids is 2. The van der Waals surface area contributed by atoms with E-state index in [0.29, 0.717) is 30.9 Å². The highest BCUT2D eigenvalue weighted by Gasteiger charge is 2.36. The molecule has 7 heteroatoms. The largest absolute Gasteiger partial charge is 0.481 e. The molecule has 0 aromatic heterocycles. The average molecular weight is 316 g/mol. The van der Waals surface area contributed by atoms with Crippen molar-refractivity contribution in [1.82, 2.24) is 9.80 Å². The van der Waals surface area contributed by atoms with Crippen LogP contribution in [-0.2, 0) is 14.4 Å². The Morgan fingerprint density at radius 2 is 1.90 bits per heavy atom. The highest BCUT2D eigenvalue weighted by Crippen LogP contribution is 2.24. The van der Waals surface area contributed by atoms with E-state index in [1.807, 2.05) is 13.8 Å². The monoisotopic (exact) mass is 316 g/mol. The maximum absolute atomic E-state index is 12.4. The molecular formula is C14H24N2O4S. The zero-order valence-electron chi connectivity index (χ0n) is 12.9. The van der Waals surface area contributed by atoms with Crippen LogP contribution in [-0.4, -0.2) is 63.5 Å². The predicted octanol–water partition coefficient (Wildman–Crippen LogP) is 1.40. The zero-order valence-corrected chi connectivity index (χ0v) is 13.7. The van der Waals surface area contributed by atoms with Crippen molar-refractivity contribution in [2.45, 2.75) is 51.6 Å². The first kappa shape index (κ1) is 17.8. The van der Waals surface area contributed by atoms with Gasteiger partial charge in [-0.3, -0.25) is 14.4 Å². The zero-order chi connectivity index (χ0) is 16.0. The van der Waals surface area contributed by atoms with Gasteiger partial charge in [0.05, 0.1) is 5.88 Å². The van der Waals surface area contributed by atoms with Gasteiger partial charge in [-0.25, -0.2) is 0 Å². The number of thioether (sulfide) groups is 1. The summed E-state index contributed by atoms with van der Waals surface area (Å²) in [7, 11) is 1.76. The number of carbonyl (C=O) groups is 3. The molecule has 6 nitrogen and oxygen atoms in total. The van der Waals surface area contributed by atoms with Gasteiger partial charge in [0.15, 0.2) is 0 Å². The summed E-state index contributed by atoms with van der Waals surface area (Å²) in [5.41, 5.74) is 0. The summed E-state index contributed by atoms with van der Waals surface area (Å²) < 4.78 is 0. The SMILES string of the molecule is CC(C)N(C)C(=O)C1CSCN1C(=O)CCCCC(=O)O. The third-order valence-electron chi connectivity index (χ3n) is 3.64. The predicted molar refractivity (Wildman–Crippen MR) is 82.0 cm³/mol. The summed E-state index contributed by atoms with van der Waals surface area (Å²) >= 11 is 1.58. The van der Waals surface area contributed by atoms with Crippen molar-refractivity contribution < 1.29 is 19.5 Å². The van der Waals surface area contributed by atoms with E-state index >= 15 is 0 Å². The van der Waals surface area contributed by atoms with Crippen LogP contribution >= 0.6 is 11.8 Å². The highest BCUT2D eigenvalue weighted by atomic mass is 32.2. The van der Waals surface area contributed by atoms with Crippen molar-refractivity contribution in [3.63, 3.8) is 0 Å². The van der Waals surface area contributed by atoms with Gasteiger partial charge in [0, 0.05) is 31.7 Å². The molecule has 0 bridgehead atoms. The number of carboxylic acid groups (broad SMARTS) is 1. The third kappa shape index (κ3) is 5.22. The van der Waals surface area contributed by atoms with Gasteiger partial charge in [-0.05, 0) is 26.7 Å². The number of likely N-dealkylation sites (N-methyl/N-ethyl adjacent to an activating group) is 1. The number of unbranched alkanes of at least 4 members (excludes halogenated alkanes) is 1. The first-order valence-corrected chi connectivity index (χ1v) is 8.35. The molecule has 1 N–H and O–H groups in total. The topological polar surface area (TPSA) is 77.9 Å². The highest BCUT2D eigenvalue weighted by molar-refractivity contribution is 7.99. The van der Waals surface area contributed by atoms with E-state index in [-0.39, 0.29) is 30.3 Å². The van der Waals surface area contributed by atoms with Gasteiger partial charge >= 0.3 is 5.97 Å². The molecule has 1 fully saturated rings. The number of carboxylic acids is 1. The fourth-order valence-electron chi connectivity index (χ4n) is 2.08. The first-order valence-electron chi connectivity index (χ1n) is 7.20. The second kappa shape index (κ2) is 8.26. The van der Waals surface area contributed by atoms with E-state index in [2.05, 4.69) is 0 Å². The Balaban J connectivity index is 2.50. The lowest BCUT2D eigenvalue weighted by atomic mass is 10.1. The van der Waals surface area contributed by atoms with Gasteiger partial charge in [-0.15, -0.1) is 11.8 Å². The first-order chi connectivity index (χ1) is 9.84.